The minimum Gasteiger partial charge on any atom is -0.376 e. The number of hydrogen-bond acceptors (Lipinski definition) is 4. The van der Waals surface area contributed by atoms with Crippen molar-refractivity contribution in [3.8, 4) is 0 Å². The first-order valence-corrected chi connectivity index (χ1v) is 9.66. The third kappa shape index (κ3) is 6.07. The first kappa shape index (κ1) is 21.9. The van der Waals surface area contributed by atoms with Gasteiger partial charge in [0.2, 0.25) is 11.8 Å². The Morgan fingerprint density at radius 3 is 2.10 bits per heavy atom. The van der Waals surface area contributed by atoms with Gasteiger partial charge in [0.05, 0.1) is 6.54 Å². The molecular weight excluding hydrogens is 368 g/mol. The molecule has 7 heteroatoms. The number of carbonyl (C=O) groups excluding carboxylic acids is 3. The Kier molecular flexibility index (Phi) is 7.77. The molecule has 2 aromatic rings. The Balaban J connectivity index is 1.95. The zero-order valence-corrected chi connectivity index (χ0v) is 17.3. The smallest absolute Gasteiger partial charge is 0.253 e. The van der Waals surface area contributed by atoms with Crippen LogP contribution >= 0.6 is 0 Å². The first-order chi connectivity index (χ1) is 13.8. The van der Waals surface area contributed by atoms with E-state index in [0.717, 1.165) is 11.3 Å². The number of nitrogens with one attached hydrogen (secondary N) is 3. The fourth-order valence-corrected chi connectivity index (χ4v) is 2.92. The summed E-state index contributed by atoms with van der Waals surface area (Å²) in [5.74, 6) is -0.382. The van der Waals surface area contributed by atoms with Crippen LogP contribution in [-0.2, 0) is 9.59 Å². The molecule has 0 spiro atoms. The van der Waals surface area contributed by atoms with Crippen molar-refractivity contribution < 1.29 is 14.4 Å². The molecule has 29 heavy (non-hydrogen) atoms. The number of carbonyl (C=O) groups is 3. The van der Waals surface area contributed by atoms with E-state index in [9.17, 15) is 14.4 Å². The van der Waals surface area contributed by atoms with Crippen LogP contribution in [0.15, 0.2) is 42.5 Å². The molecule has 0 radical (unpaired) electrons. The molecule has 0 unspecified atom stereocenters. The lowest BCUT2D eigenvalue weighted by atomic mass is 10.1. The minimum atomic E-state index is -0.211. The van der Waals surface area contributed by atoms with Crippen LogP contribution in [0, 0.1) is 6.92 Å². The third-order valence-electron chi connectivity index (χ3n) is 4.55. The van der Waals surface area contributed by atoms with Crippen LogP contribution in [0.4, 0.5) is 17.1 Å². The van der Waals surface area contributed by atoms with Crippen molar-refractivity contribution in [2.75, 3.05) is 35.6 Å². The molecule has 0 atom stereocenters. The van der Waals surface area contributed by atoms with Crippen molar-refractivity contribution in [3.63, 3.8) is 0 Å². The molecule has 0 aliphatic rings. The Morgan fingerprint density at radius 2 is 1.52 bits per heavy atom. The quantitative estimate of drug-likeness (QED) is 0.637. The summed E-state index contributed by atoms with van der Waals surface area (Å²) >= 11 is 0. The van der Waals surface area contributed by atoms with Crippen LogP contribution in [0.3, 0.4) is 0 Å². The normalized spacial score (nSPS) is 10.2. The third-order valence-corrected chi connectivity index (χ3v) is 4.55. The standard InChI is InChI=1S/C22H28N4O3/c1-5-26(6-2)22(29)17-10-12-18(13-11-17)25-21(28)14-23-19-8-7-9-20(15(19)3)24-16(4)27/h7-13,23H,5-6,14H2,1-4H3,(H,24,27)(H,25,28). The van der Waals surface area contributed by atoms with E-state index in [-0.39, 0.29) is 24.3 Å². The molecule has 7 nitrogen and oxygen atoms in total. The van der Waals surface area contributed by atoms with E-state index < -0.39 is 0 Å². The highest BCUT2D eigenvalue weighted by Crippen LogP contribution is 2.23. The number of anilines is 3. The zero-order valence-electron chi connectivity index (χ0n) is 17.3. The van der Waals surface area contributed by atoms with Gasteiger partial charge in [0, 0.05) is 42.6 Å². The van der Waals surface area contributed by atoms with Crippen LogP contribution in [0.2, 0.25) is 0 Å². The molecule has 0 aromatic heterocycles. The van der Waals surface area contributed by atoms with Gasteiger partial charge in [-0.2, -0.15) is 0 Å². The Labute approximate surface area is 171 Å². The van der Waals surface area contributed by atoms with Crippen molar-refractivity contribution in [2.24, 2.45) is 0 Å². The first-order valence-electron chi connectivity index (χ1n) is 9.66. The monoisotopic (exact) mass is 396 g/mol. The van der Waals surface area contributed by atoms with Gasteiger partial charge < -0.3 is 20.9 Å². The number of nitrogens with zero attached hydrogens (tertiary/aromatic N) is 1. The van der Waals surface area contributed by atoms with E-state index in [1.165, 1.54) is 6.92 Å². The average molecular weight is 396 g/mol. The summed E-state index contributed by atoms with van der Waals surface area (Å²) in [5.41, 5.74) is 3.55. The lowest BCUT2D eigenvalue weighted by Gasteiger charge is -2.18. The highest BCUT2D eigenvalue weighted by Gasteiger charge is 2.12. The van der Waals surface area contributed by atoms with E-state index in [1.54, 1.807) is 29.2 Å². The largest absolute Gasteiger partial charge is 0.376 e. The highest BCUT2D eigenvalue weighted by atomic mass is 16.2. The molecule has 0 saturated heterocycles. The van der Waals surface area contributed by atoms with Gasteiger partial charge in [-0.05, 0) is 62.7 Å². The van der Waals surface area contributed by atoms with Gasteiger partial charge >= 0.3 is 0 Å². The Bertz CT molecular complexity index is 874. The second-order valence-electron chi connectivity index (χ2n) is 6.62. The van der Waals surface area contributed by atoms with E-state index in [0.29, 0.717) is 30.0 Å². The fraction of sp³-hybridized carbons (Fsp3) is 0.318. The number of hydrogen-bond donors (Lipinski definition) is 3. The van der Waals surface area contributed by atoms with Crippen molar-refractivity contribution in [1.29, 1.82) is 0 Å². The van der Waals surface area contributed by atoms with Gasteiger partial charge in [0.25, 0.3) is 5.91 Å². The highest BCUT2D eigenvalue weighted by molar-refractivity contribution is 5.97. The van der Waals surface area contributed by atoms with Gasteiger partial charge in [0.1, 0.15) is 0 Å². The summed E-state index contributed by atoms with van der Waals surface area (Å²) < 4.78 is 0. The molecule has 0 bridgehead atoms. The van der Waals surface area contributed by atoms with Crippen LogP contribution in [-0.4, -0.2) is 42.3 Å². The van der Waals surface area contributed by atoms with Crippen molar-refractivity contribution in [3.05, 3.63) is 53.6 Å². The molecule has 0 heterocycles. The van der Waals surface area contributed by atoms with Crippen LogP contribution < -0.4 is 16.0 Å². The lowest BCUT2D eigenvalue weighted by molar-refractivity contribution is -0.115. The van der Waals surface area contributed by atoms with Crippen LogP contribution in [0.25, 0.3) is 0 Å². The summed E-state index contributed by atoms with van der Waals surface area (Å²) in [6.07, 6.45) is 0. The van der Waals surface area contributed by atoms with Crippen molar-refractivity contribution >= 4 is 34.8 Å². The Hall–Kier alpha value is -3.35. The Morgan fingerprint density at radius 1 is 0.897 bits per heavy atom. The second-order valence-corrected chi connectivity index (χ2v) is 6.62. The summed E-state index contributed by atoms with van der Waals surface area (Å²) in [5, 5.41) is 8.65. The maximum atomic E-state index is 12.3. The van der Waals surface area contributed by atoms with Crippen molar-refractivity contribution in [2.45, 2.75) is 27.7 Å². The van der Waals surface area contributed by atoms with Crippen molar-refractivity contribution in [1.82, 2.24) is 4.90 Å². The lowest BCUT2D eigenvalue weighted by Crippen LogP contribution is -2.30. The predicted octanol–water partition coefficient (Wildman–Crippen LogP) is 3.49. The summed E-state index contributed by atoms with van der Waals surface area (Å²) in [4.78, 5) is 37.6. The topological polar surface area (TPSA) is 90.5 Å². The number of rotatable bonds is 8. The predicted molar refractivity (Wildman–Crippen MR) is 116 cm³/mol. The van der Waals surface area contributed by atoms with Gasteiger partial charge in [-0.15, -0.1) is 0 Å². The summed E-state index contributed by atoms with van der Waals surface area (Å²) in [6, 6.07) is 12.3. The molecule has 0 fully saturated rings. The van der Waals surface area contributed by atoms with Gasteiger partial charge in [-0.1, -0.05) is 6.07 Å². The van der Waals surface area contributed by atoms with Gasteiger partial charge in [-0.25, -0.2) is 0 Å². The number of benzene rings is 2. The molecule has 3 N–H and O–H groups in total. The molecule has 0 aliphatic heterocycles. The van der Waals surface area contributed by atoms with E-state index >= 15 is 0 Å². The van der Waals surface area contributed by atoms with E-state index in [4.69, 9.17) is 0 Å². The zero-order chi connectivity index (χ0) is 21.4. The van der Waals surface area contributed by atoms with Gasteiger partial charge in [0.15, 0.2) is 0 Å². The molecule has 2 rings (SSSR count). The minimum absolute atomic E-state index is 0.0240. The maximum absolute atomic E-state index is 12.3. The summed E-state index contributed by atoms with van der Waals surface area (Å²) in [7, 11) is 0. The molecular formula is C22H28N4O3. The summed E-state index contributed by atoms with van der Waals surface area (Å²) in [6.45, 7) is 8.59. The molecule has 0 saturated carbocycles. The van der Waals surface area contributed by atoms with E-state index in [1.807, 2.05) is 39.0 Å². The van der Waals surface area contributed by atoms with Crippen LogP contribution in [0.5, 0.6) is 0 Å². The van der Waals surface area contributed by atoms with Crippen LogP contribution in [0.1, 0.15) is 36.7 Å². The van der Waals surface area contributed by atoms with Gasteiger partial charge in [-0.3, -0.25) is 14.4 Å². The molecule has 0 aliphatic carbocycles. The maximum Gasteiger partial charge on any atom is 0.253 e. The fourth-order valence-electron chi connectivity index (χ4n) is 2.92. The molecule has 3 amide bonds. The number of amides is 3. The SMILES string of the molecule is CCN(CC)C(=O)c1ccc(NC(=O)CNc2cccc(NC(C)=O)c2C)cc1. The average Bonchev–Trinajstić information content (AvgIpc) is 2.69. The molecule has 154 valence electrons. The molecule has 2 aromatic carbocycles. The second kappa shape index (κ2) is 10.3. The van der Waals surface area contributed by atoms with E-state index in [2.05, 4.69) is 16.0 Å².